The quantitative estimate of drug-likeness (QED) is 0.887. The van der Waals surface area contributed by atoms with Crippen LogP contribution in [0.25, 0.3) is 0 Å². The van der Waals surface area contributed by atoms with E-state index >= 15 is 0 Å². The summed E-state index contributed by atoms with van der Waals surface area (Å²) in [5.74, 6) is 0.561. The van der Waals surface area contributed by atoms with E-state index in [-0.39, 0.29) is 18.0 Å². The Hall–Kier alpha value is -1.20. The van der Waals surface area contributed by atoms with Gasteiger partial charge >= 0.3 is 0 Å². The van der Waals surface area contributed by atoms with Crippen molar-refractivity contribution in [1.82, 2.24) is 10.3 Å². The summed E-state index contributed by atoms with van der Waals surface area (Å²) in [5.41, 5.74) is 0.888. The monoisotopic (exact) mass is 253 g/mol. The third kappa shape index (κ3) is 2.97. The van der Waals surface area contributed by atoms with Crippen LogP contribution < -0.4 is 10.2 Å². The second-order valence-electron chi connectivity index (χ2n) is 4.83. The smallest absolute Gasteiger partial charge is 0.141 e. The van der Waals surface area contributed by atoms with Gasteiger partial charge in [-0.1, -0.05) is 0 Å². The Labute approximate surface area is 107 Å². The number of rotatable bonds is 3. The summed E-state index contributed by atoms with van der Waals surface area (Å²) in [7, 11) is 1.85. The van der Waals surface area contributed by atoms with Crippen molar-refractivity contribution in [3.63, 3.8) is 0 Å². The molecule has 0 spiro atoms. The zero-order valence-corrected chi connectivity index (χ0v) is 11.1. The number of hydrogen-bond donors (Lipinski definition) is 1. The van der Waals surface area contributed by atoms with Crippen molar-refractivity contribution in [3.05, 3.63) is 23.6 Å². The van der Waals surface area contributed by atoms with E-state index in [4.69, 9.17) is 4.74 Å². The van der Waals surface area contributed by atoms with Crippen molar-refractivity contribution < 1.29 is 9.13 Å². The molecule has 1 fully saturated rings. The number of morpholine rings is 1. The molecule has 0 aliphatic carbocycles. The molecule has 1 aliphatic heterocycles. The Morgan fingerprint density at radius 2 is 2.11 bits per heavy atom. The highest BCUT2D eigenvalue weighted by Gasteiger charge is 2.24. The van der Waals surface area contributed by atoms with E-state index < -0.39 is 0 Å². The summed E-state index contributed by atoms with van der Waals surface area (Å²) in [5, 5.41) is 3.05. The molecule has 100 valence electrons. The van der Waals surface area contributed by atoms with Gasteiger partial charge in [0, 0.05) is 25.2 Å². The molecule has 0 saturated carbocycles. The van der Waals surface area contributed by atoms with Crippen LogP contribution in [0.1, 0.15) is 19.4 Å². The average molecular weight is 253 g/mol. The van der Waals surface area contributed by atoms with E-state index in [2.05, 4.69) is 15.2 Å². The predicted octanol–water partition coefficient (Wildman–Crippen LogP) is 1.55. The lowest BCUT2D eigenvalue weighted by molar-refractivity contribution is -0.00551. The van der Waals surface area contributed by atoms with Gasteiger partial charge in [-0.3, -0.25) is 0 Å². The Bertz CT molecular complexity index is 403. The molecule has 2 atom stereocenters. The van der Waals surface area contributed by atoms with Crippen LogP contribution in [0.5, 0.6) is 0 Å². The van der Waals surface area contributed by atoms with Gasteiger partial charge in [-0.05, 0) is 27.0 Å². The molecule has 18 heavy (non-hydrogen) atoms. The van der Waals surface area contributed by atoms with Gasteiger partial charge in [-0.25, -0.2) is 9.37 Å². The number of hydrogen-bond acceptors (Lipinski definition) is 4. The highest BCUT2D eigenvalue weighted by Crippen LogP contribution is 2.22. The topological polar surface area (TPSA) is 37.4 Å². The minimum absolute atomic E-state index is 0.169. The fourth-order valence-electron chi connectivity index (χ4n) is 2.43. The fourth-order valence-corrected chi connectivity index (χ4v) is 2.43. The van der Waals surface area contributed by atoms with Gasteiger partial charge in [0.25, 0.3) is 0 Å². The number of nitrogens with one attached hydrogen (secondary N) is 1. The standard InChI is InChI=1S/C13H20FN3O/c1-9-7-17(8-10(2)18-9)13-11(5-15-3)4-12(14)6-16-13/h4,6,9-10,15H,5,7-8H2,1-3H3. The van der Waals surface area contributed by atoms with E-state index in [0.29, 0.717) is 6.54 Å². The summed E-state index contributed by atoms with van der Waals surface area (Å²) in [6.07, 6.45) is 1.62. The second kappa shape index (κ2) is 5.63. The van der Waals surface area contributed by atoms with Gasteiger partial charge in [0.15, 0.2) is 0 Å². The van der Waals surface area contributed by atoms with Crippen molar-refractivity contribution in [2.75, 3.05) is 25.0 Å². The molecule has 1 aromatic rings. The van der Waals surface area contributed by atoms with E-state index in [0.717, 1.165) is 24.5 Å². The molecular weight excluding hydrogens is 233 g/mol. The summed E-state index contributed by atoms with van der Waals surface area (Å²) in [6.45, 7) is 6.29. The maximum Gasteiger partial charge on any atom is 0.141 e. The van der Waals surface area contributed by atoms with Gasteiger partial charge in [0.05, 0.1) is 18.4 Å². The first-order valence-electron chi connectivity index (χ1n) is 6.29. The van der Waals surface area contributed by atoms with Crippen LogP contribution >= 0.6 is 0 Å². The van der Waals surface area contributed by atoms with Gasteiger partial charge in [-0.15, -0.1) is 0 Å². The third-order valence-electron chi connectivity index (χ3n) is 3.00. The SMILES string of the molecule is CNCc1cc(F)cnc1N1CC(C)OC(C)C1. The van der Waals surface area contributed by atoms with Crippen LogP contribution in [0.2, 0.25) is 0 Å². The van der Waals surface area contributed by atoms with Crippen LogP contribution in [0.3, 0.4) is 0 Å². The number of nitrogens with zero attached hydrogens (tertiary/aromatic N) is 2. The number of halogens is 1. The summed E-state index contributed by atoms with van der Waals surface area (Å²) in [6, 6.07) is 1.55. The summed E-state index contributed by atoms with van der Waals surface area (Å²) < 4.78 is 19.0. The fraction of sp³-hybridized carbons (Fsp3) is 0.615. The average Bonchev–Trinajstić information content (AvgIpc) is 2.28. The molecule has 2 unspecified atom stereocenters. The van der Waals surface area contributed by atoms with Crippen molar-refractivity contribution >= 4 is 5.82 Å². The maximum absolute atomic E-state index is 13.3. The molecule has 0 amide bonds. The minimum Gasteiger partial charge on any atom is -0.372 e. The Balaban J connectivity index is 2.25. The molecule has 0 radical (unpaired) electrons. The normalized spacial score (nSPS) is 24.3. The molecule has 0 aromatic carbocycles. The van der Waals surface area contributed by atoms with Gasteiger partial charge in [0.2, 0.25) is 0 Å². The van der Waals surface area contributed by atoms with Crippen molar-refractivity contribution in [3.8, 4) is 0 Å². The number of ether oxygens (including phenoxy) is 1. The highest BCUT2D eigenvalue weighted by atomic mass is 19.1. The van der Waals surface area contributed by atoms with Crippen molar-refractivity contribution in [1.29, 1.82) is 0 Å². The first-order chi connectivity index (χ1) is 8.60. The lowest BCUT2D eigenvalue weighted by Gasteiger charge is -2.36. The highest BCUT2D eigenvalue weighted by molar-refractivity contribution is 5.47. The molecule has 2 rings (SSSR count). The lowest BCUT2D eigenvalue weighted by Crippen LogP contribution is -2.46. The second-order valence-corrected chi connectivity index (χ2v) is 4.83. The van der Waals surface area contributed by atoms with Gasteiger partial charge < -0.3 is 15.0 Å². The molecule has 1 aromatic heterocycles. The Morgan fingerprint density at radius 1 is 1.44 bits per heavy atom. The molecular formula is C13H20FN3O. The van der Waals surface area contributed by atoms with E-state index in [9.17, 15) is 4.39 Å². The number of anilines is 1. The van der Waals surface area contributed by atoms with Crippen LogP contribution in [0, 0.1) is 5.82 Å². The minimum atomic E-state index is -0.293. The zero-order valence-electron chi connectivity index (χ0n) is 11.1. The number of aromatic nitrogens is 1. The number of pyridine rings is 1. The van der Waals surface area contributed by atoms with Gasteiger partial charge in [-0.2, -0.15) is 0 Å². The van der Waals surface area contributed by atoms with Crippen LogP contribution in [-0.2, 0) is 11.3 Å². The summed E-state index contributed by atoms with van der Waals surface area (Å²) in [4.78, 5) is 6.42. The largest absolute Gasteiger partial charge is 0.372 e. The molecule has 1 N–H and O–H groups in total. The van der Waals surface area contributed by atoms with E-state index in [1.54, 1.807) is 6.07 Å². The molecule has 1 aliphatic rings. The Kier molecular flexibility index (Phi) is 4.14. The Morgan fingerprint density at radius 3 is 2.72 bits per heavy atom. The van der Waals surface area contributed by atoms with E-state index in [1.807, 2.05) is 20.9 Å². The van der Waals surface area contributed by atoms with Crippen molar-refractivity contribution in [2.45, 2.75) is 32.6 Å². The first kappa shape index (κ1) is 13.2. The first-order valence-corrected chi connectivity index (χ1v) is 6.29. The molecule has 2 heterocycles. The van der Waals surface area contributed by atoms with Crippen LogP contribution in [0.15, 0.2) is 12.3 Å². The van der Waals surface area contributed by atoms with Gasteiger partial charge in [0.1, 0.15) is 11.6 Å². The third-order valence-corrected chi connectivity index (χ3v) is 3.00. The summed E-state index contributed by atoms with van der Waals surface area (Å²) >= 11 is 0. The zero-order chi connectivity index (χ0) is 13.1. The van der Waals surface area contributed by atoms with Crippen LogP contribution in [0.4, 0.5) is 10.2 Å². The van der Waals surface area contributed by atoms with E-state index in [1.165, 1.54) is 6.20 Å². The molecule has 1 saturated heterocycles. The predicted molar refractivity (Wildman–Crippen MR) is 69.2 cm³/mol. The maximum atomic E-state index is 13.3. The molecule has 5 heteroatoms. The molecule has 0 bridgehead atoms. The van der Waals surface area contributed by atoms with Crippen LogP contribution in [-0.4, -0.2) is 37.3 Å². The molecule has 4 nitrogen and oxygen atoms in total. The van der Waals surface area contributed by atoms with Crippen molar-refractivity contribution in [2.24, 2.45) is 0 Å². The lowest BCUT2D eigenvalue weighted by atomic mass is 10.2.